The molecule has 0 unspecified atom stereocenters. The van der Waals surface area contributed by atoms with E-state index >= 15 is 0 Å². The number of aromatic amines is 1. The first kappa shape index (κ1) is 20.7. The van der Waals surface area contributed by atoms with Gasteiger partial charge >= 0.3 is 0 Å². The first-order chi connectivity index (χ1) is 19.3. The third kappa shape index (κ3) is 2.80. The van der Waals surface area contributed by atoms with Crippen LogP contribution in [0, 0.1) is 6.08 Å². The van der Waals surface area contributed by atoms with Gasteiger partial charge in [-0.3, -0.25) is 4.57 Å². The lowest BCUT2D eigenvalue weighted by Crippen LogP contribution is -1.98. The Hall–Kier alpha value is -5.37. The highest BCUT2D eigenvalue weighted by atomic mass is 15.0. The second kappa shape index (κ2) is 7.58. The van der Waals surface area contributed by atoms with Gasteiger partial charge in [-0.25, -0.2) is 0 Å². The second-order valence-corrected chi connectivity index (χ2v) is 10.3. The number of para-hydroxylation sites is 3. The average molecular weight is 497 g/mol. The van der Waals surface area contributed by atoms with Gasteiger partial charge in [-0.1, -0.05) is 48.5 Å². The zero-order valence-electron chi connectivity index (χ0n) is 21.0. The van der Waals surface area contributed by atoms with Crippen LogP contribution in [0.5, 0.6) is 0 Å². The van der Waals surface area contributed by atoms with Gasteiger partial charge in [0.15, 0.2) is 5.69 Å². The summed E-state index contributed by atoms with van der Waals surface area (Å²) in [6.07, 6.45) is 9.54. The normalized spacial score (nSPS) is 12.7. The van der Waals surface area contributed by atoms with E-state index in [0.717, 1.165) is 11.2 Å². The van der Waals surface area contributed by atoms with Crippen molar-refractivity contribution in [3.8, 4) is 11.4 Å². The van der Waals surface area contributed by atoms with Crippen LogP contribution in [0.2, 0.25) is 0 Å². The van der Waals surface area contributed by atoms with Crippen molar-refractivity contribution >= 4 is 66.7 Å². The number of nitrogens with zero attached hydrogens (tertiary/aromatic N) is 2. The lowest BCUT2D eigenvalue weighted by atomic mass is 10.1. The molecule has 0 amide bonds. The molecule has 3 aromatic heterocycles. The molecule has 3 nitrogen and oxygen atoms in total. The Morgan fingerprint density at radius 2 is 1.15 bits per heavy atom. The molecule has 0 fully saturated rings. The van der Waals surface area contributed by atoms with E-state index in [9.17, 15) is 0 Å². The first-order valence-corrected chi connectivity index (χ1v) is 13.3. The second-order valence-electron chi connectivity index (χ2n) is 10.3. The predicted molar refractivity (Wildman–Crippen MR) is 164 cm³/mol. The quantitative estimate of drug-likeness (QED) is 0.231. The summed E-state index contributed by atoms with van der Waals surface area (Å²) in [4.78, 5) is 3.56. The Bertz CT molecular complexity index is 2330. The molecule has 8 aromatic rings. The number of allylic oxidation sites excluding steroid dienone is 2. The van der Waals surface area contributed by atoms with Crippen molar-refractivity contribution in [2.45, 2.75) is 0 Å². The van der Waals surface area contributed by atoms with Gasteiger partial charge in [-0.05, 0) is 60.7 Å². The highest BCUT2D eigenvalue weighted by Gasteiger charge is 2.23. The van der Waals surface area contributed by atoms with Crippen molar-refractivity contribution in [3.63, 3.8) is 0 Å². The summed E-state index contributed by atoms with van der Waals surface area (Å²) in [6.45, 7) is 0. The zero-order chi connectivity index (χ0) is 25.5. The lowest BCUT2D eigenvalue weighted by Gasteiger charge is -2.10. The molecule has 0 atom stereocenters. The number of hydrogen-bond donors (Lipinski definition) is 1. The molecule has 3 heterocycles. The van der Waals surface area contributed by atoms with Crippen molar-refractivity contribution in [1.82, 2.24) is 14.1 Å². The van der Waals surface area contributed by atoms with Crippen LogP contribution in [0.1, 0.15) is 11.3 Å². The maximum atomic E-state index is 3.56. The van der Waals surface area contributed by atoms with Crippen molar-refractivity contribution in [2.24, 2.45) is 0 Å². The molecule has 9 rings (SSSR count). The SMILES string of the molecule is [C+]1=Cc2c(n(-c3ccc4c(c3)c3ccccc3n4-c3ccc4[nH]c5ccccc5c4c3)c3ccccc23)C=C1. The van der Waals surface area contributed by atoms with Crippen LogP contribution in [-0.2, 0) is 0 Å². The molecule has 5 aromatic carbocycles. The van der Waals surface area contributed by atoms with Gasteiger partial charge in [-0.2, -0.15) is 0 Å². The summed E-state index contributed by atoms with van der Waals surface area (Å²) in [5.74, 6) is 0. The van der Waals surface area contributed by atoms with Gasteiger partial charge in [0.2, 0.25) is 0 Å². The van der Waals surface area contributed by atoms with E-state index in [2.05, 4.69) is 142 Å². The van der Waals surface area contributed by atoms with E-state index in [1.807, 2.05) is 6.08 Å². The minimum atomic E-state index is 1.16. The Morgan fingerprint density at radius 1 is 0.513 bits per heavy atom. The molecule has 0 saturated heterocycles. The van der Waals surface area contributed by atoms with Gasteiger partial charge in [0.05, 0.1) is 28.0 Å². The summed E-state index contributed by atoms with van der Waals surface area (Å²) in [5, 5.41) is 6.24. The van der Waals surface area contributed by atoms with E-state index in [-0.39, 0.29) is 0 Å². The number of H-pyrrole nitrogens is 1. The van der Waals surface area contributed by atoms with Gasteiger partial charge in [0.1, 0.15) is 17.7 Å². The molecule has 0 spiro atoms. The monoisotopic (exact) mass is 496 g/mol. The fourth-order valence-corrected chi connectivity index (χ4v) is 6.49. The average Bonchev–Trinajstić information content (AvgIpc) is 3.64. The third-order valence-corrected chi connectivity index (χ3v) is 8.18. The first-order valence-electron chi connectivity index (χ1n) is 13.3. The number of hydrogen-bond acceptors (Lipinski definition) is 0. The van der Waals surface area contributed by atoms with E-state index < -0.39 is 0 Å². The number of nitrogens with one attached hydrogen (secondary N) is 1. The topological polar surface area (TPSA) is 25.6 Å². The fourth-order valence-electron chi connectivity index (χ4n) is 6.49. The largest absolute Gasteiger partial charge is 0.355 e. The van der Waals surface area contributed by atoms with Crippen LogP contribution in [0.3, 0.4) is 0 Å². The predicted octanol–water partition coefficient (Wildman–Crippen LogP) is 9.21. The summed E-state index contributed by atoms with van der Waals surface area (Å²) in [5.41, 5.74) is 10.7. The summed E-state index contributed by atoms with van der Waals surface area (Å²) in [6, 6.07) is 39.5. The molecule has 0 radical (unpaired) electrons. The molecule has 180 valence electrons. The Labute approximate surface area is 224 Å². The highest BCUT2D eigenvalue weighted by molar-refractivity contribution is 6.12. The van der Waals surface area contributed by atoms with Gasteiger partial charge in [0, 0.05) is 50.0 Å². The van der Waals surface area contributed by atoms with Crippen LogP contribution in [-0.4, -0.2) is 14.1 Å². The highest BCUT2D eigenvalue weighted by Crippen LogP contribution is 2.38. The summed E-state index contributed by atoms with van der Waals surface area (Å²) < 4.78 is 4.78. The van der Waals surface area contributed by atoms with Gasteiger partial charge < -0.3 is 9.55 Å². The number of benzene rings is 5. The smallest absolute Gasteiger partial charge is 0.168 e. The van der Waals surface area contributed by atoms with Crippen molar-refractivity contribution in [1.29, 1.82) is 0 Å². The van der Waals surface area contributed by atoms with E-state index in [4.69, 9.17) is 0 Å². The summed E-state index contributed by atoms with van der Waals surface area (Å²) in [7, 11) is 0. The van der Waals surface area contributed by atoms with E-state index in [1.165, 1.54) is 65.9 Å². The van der Waals surface area contributed by atoms with E-state index in [0.29, 0.717) is 0 Å². The lowest BCUT2D eigenvalue weighted by molar-refractivity contribution is 1.11. The van der Waals surface area contributed by atoms with Crippen molar-refractivity contribution < 1.29 is 0 Å². The molecular weight excluding hydrogens is 474 g/mol. The van der Waals surface area contributed by atoms with Crippen molar-refractivity contribution in [3.05, 3.63) is 133 Å². The minimum Gasteiger partial charge on any atom is -0.355 e. The molecule has 39 heavy (non-hydrogen) atoms. The molecule has 3 heteroatoms. The molecular formula is C36H22N3+. The van der Waals surface area contributed by atoms with Crippen LogP contribution in [0.15, 0.2) is 115 Å². The minimum absolute atomic E-state index is 1.16. The molecule has 1 aliphatic carbocycles. The maximum Gasteiger partial charge on any atom is 0.168 e. The fraction of sp³-hybridized carbons (Fsp3) is 0. The molecule has 1 N–H and O–H groups in total. The Balaban J connectivity index is 1.33. The number of fused-ring (bicyclic) bond motifs is 9. The number of aromatic nitrogens is 3. The van der Waals surface area contributed by atoms with Crippen molar-refractivity contribution in [2.75, 3.05) is 0 Å². The Morgan fingerprint density at radius 3 is 2.05 bits per heavy atom. The zero-order valence-corrected chi connectivity index (χ0v) is 21.0. The standard InChI is InChI=1S/C36H22N3/c1-5-13-31-25(9-1)29-21-23(17-19-32(29)37-31)39-35-16-8-4-12-28(35)30-22-24(18-20-36(30)39)38-33-14-6-2-10-26(33)27-11-3-7-15-34(27)38/h1-2,4-22,37H/q+1. The van der Waals surface area contributed by atoms with Crippen LogP contribution in [0.4, 0.5) is 0 Å². The number of rotatable bonds is 2. The van der Waals surface area contributed by atoms with Gasteiger partial charge in [0.25, 0.3) is 0 Å². The molecule has 0 bridgehead atoms. The van der Waals surface area contributed by atoms with Crippen LogP contribution in [0.25, 0.3) is 78.0 Å². The van der Waals surface area contributed by atoms with Crippen LogP contribution < -0.4 is 0 Å². The molecule has 1 aliphatic rings. The third-order valence-electron chi connectivity index (χ3n) is 8.18. The van der Waals surface area contributed by atoms with E-state index in [1.54, 1.807) is 0 Å². The molecule has 0 saturated carbocycles. The maximum absolute atomic E-state index is 3.56. The van der Waals surface area contributed by atoms with Gasteiger partial charge in [-0.15, -0.1) is 0 Å². The summed E-state index contributed by atoms with van der Waals surface area (Å²) >= 11 is 0. The van der Waals surface area contributed by atoms with Crippen LogP contribution >= 0.6 is 0 Å². The Kier molecular flexibility index (Phi) is 4.02. The molecule has 0 aliphatic heterocycles.